The molecule has 0 radical (unpaired) electrons. The van der Waals surface area contributed by atoms with Gasteiger partial charge < -0.3 is 10.8 Å². The van der Waals surface area contributed by atoms with Crippen LogP contribution >= 0.6 is 11.6 Å². The molecule has 0 amide bonds. The Morgan fingerprint density at radius 1 is 1.37 bits per heavy atom. The maximum atomic E-state index is 10.7. The molecule has 1 aromatic carbocycles. The second kappa shape index (κ2) is 5.82. The second-order valence-corrected chi connectivity index (χ2v) is 4.65. The maximum Gasteiger partial charge on any atom is 0.320 e. The molecule has 1 heterocycles. The summed E-state index contributed by atoms with van der Waals surface area (Å²) >= 11 is 5.92. The fourth-order valence-electron chi connectivity index (χ4n) is 1.71. The van der Waals surface area contributed by atoms with E-state index < -0.39 is 12.0 Å². The first-order valence-corrected chi connectivity index (χ1v) is 6.13. The van der Waals surface area contributed by atoms with Gasteiger partial charge in [-0.05, 0) is 30.2 Å². The van der Waals surface area contributed by atoms with Gasteiger partial charge in [-0.1, -0.05) is 29.8 Å². The SMILES string of the molecule is N[C@@H](Cc1ccc(-c2cccc(Cl)c2)nc1)C(=O)O. The van der Waals surface area contributed by atoms with Crippen molar-refractivity contribution >= 4 is 17.6 Å². The molecule has 3 N–H and O–H groups in total. The van der Waals surface area contributed by atoms with Gasteiger partial charge in [0.2, 0.25) is 0 Å². The number of halogens is 1. The van der Waals surface area contributed by atoms with Crippen LogP contribution < -0.4 is 5.73 Å². The second-order valence-electron chi connectivity index (χ2n) is 4.21. The van der Waals surface area contributed by atoms with Gasteiger partial charge in [0.25, 0.3) is 0 Å². The van der Waals surface area contributed by atoms with E-state index in [-0.39, 0.29) is 6.42 Å². The lowest BCUT2D eigenvalue weighted by Crippen LogP contribution is -2.32. The number of carboxylic acids is 1. The van der Waals surface area contributed by atoms with E-state index in [0.29, 0.717) is 5.02 Å². The number of aromatic nitrogens is 1. The van der Waals surface area contributed by atoms with E-state index in [2.05, 4.69) is 4.98 Å². The van der Waals surface area contributed by atoms with E-state index in [1.165, 1.54) is 0 Å². The zero-order valence-electron chi connectivity index (χ0n) is 10.1. The highest BCUT2D eigenvalue weighted by Crippen LogP contribution is 2.21. The molecule has 5 heteroatoms. The summed E-state index contributed by atoms with van der Waals surface area (Å²) in [6, 6.07) is 10.1. The third-order valence-corrected chi connectivity index (χ3v) is 2.95. The maximum absolute atomic E-state index is 10.7. The smallest absolute Gasteiger partial charge is 0.320 e. The quantitative estimate of drug-likeness (QED) is 0.899. The van der Waals surface area contributed by atoms with Crippen molar-refractivity contribution in [2.24, 2.45) is 5.73 Å². The molecular formula is C14H13ClN2O2. The van der Waals surface area contributed by atoms with Crippen LogP contribution in [0, 0.1) is 0 Å². The first-order chi connectivity index (χ1) is 9.06. The molecule has 0 aliphatic heterocycles. The number of carboxylic acid groups (broad SMARTS) is 1. The molecule has 0 fully saturated rings. The van der Waals surface area contributed by atoms with Crippen LogP contribution in [0.1, 0.15) is 5.56 Å². The van der Waals surface area contributed by atoms with Crippen LogP contribution in [-0.4, -0.2) is 22.1 Å². The highest BCUT2D eigenvalue weighted by atomic mass is 35.5. The van der Waals surface area contributed by atoms with Gasteiger partial charge in [-0.25, -0.2) is 0 Å². The Morgan fingerprint density at radius 2 is 2.16 bits per heavy atom. The lowest BCUT2D eigenvalue weighted by molar-refractivity contribution is -0.138. The van der Waals surface area contributed by atoms with Crippen molar-refractivity contribution in [2.45, 2.75) is 12.5 Å². The molecule has 2 rings (SSSR count). The third-order valence-electron chi connectivity index (χ3n) is 2.72. The van der Waals surface area contributed by atoms with Crippen molar-refractivity contribution in [3.05, 3.63) is 53.2 Å². The van der Waals surface area contributed by atoms with E-state index in [9.17, 15) is 4.79 Å². The average molecular weight is 277 g/mol. The van der Waals surface area contributed by atoms with Gasteiger partial charge >= 0.3 is 5.97 Å². The standard InChI is InChI=1S/C14H13ClN2O2/c15-11-3-1-2-10(7-11)13-5-4-9(8-17-13)6-12(16)14(18)19/h1-5,7-8,12H,6,16H2,(H,18,19)/t12-/m0/s1. The molecule has 1 aromatic heterocycles. The molecule has 0 saturated heterocycles. The zero-order chi connectivity index (χ0) is 13.8. The molecule has 4 nitrogen and oxygen atoms in total. The molecule has 0 spiro atoms. The molecular weight excluding hydrogens is 264 g/mol. The molecule has 98 valence electrons. The summed E-state index contributed by atoms with van der Waals surface area (Å²) in [5.74, 6) is -1.01. The minimum absolute atomic E-state index is 0.262. The van der Waals surface area contributed by atoms with Crippen LogP contribution in [0.3, 0.4) is 0 Å². The third kappa shape index (κ3) is 3.53. The van der Waals surface area contributed by atoms with Crippen molar-refractivity contribution in [1.29, 1.82) is 0 Å². The first-order valence-electron chi connectivity index (χ1n) is 5.75. The van der Waals surface area contributed by atoms with Crippen molar-refractivity contribution < 1.29 is 9.90 Å². The van der Waals surface area contributed by atoms with Crippen molar-refractivity contribution in [1.82, 2.24) is 4.98 Å². The van der Waals surface area contributed by atoms with Crippen LogP contribution in [0.2, 0.25) is 5.02 Å². The topological polar surface area (TPSA) is 76.2 Å². The molecule has 0 aliphatic rings. The molecule has 0 saturated carbocycles. The lowest BCUT2D eigenvalue weighted by Gasteiger charge is -2.07. The van der Waals surface area contributed by atoms with Gasteiger partial charge in [-0.2, -0.15) is 0 Å². The molecule has 0 unspecified atom stereocenters. The van der Waals surface area contributed by atoms with E-state index in [0.717, 1.165) is 16.8 Å². The fourth-order valence-corrected chi connectivity index (χ4v) is 1.90. The first kappa shape index (κ1) is 13.5. The Kier molecular flexibility index (Phi) is 4.14. The fraction of sp³-hybridized carbons (Fsp3) is 0.143. The Labute approximate surface area is 115 Å². The zero-order valence-corrected chi connectivity index (χ0v) is 10.8. The summed E-state index contributed by atoms with van der Waals surface area (Å²) in [5.41, 5.74) is 7.97. The van der Waals surface area contributed by atoms with Crippen LogP contribution in [0.4, 0.5) is 0 Å². The summed E-state index contributed by atoms with van der Waals surface area (Å²) in [4.78, 5) is 15.0. The van der Waals surface area contributed by atoms with Gasteiger partial charge in [0.05, 0.1) is 5.69 Å². The number of nitrogens with two attached hydrogens (primary N) is 1. The van der Waals surface area contributed by atoms with Gasteiger partial charge in [0.15, 0.2) is 0 Å². The molecule has 2 aromatic rings. The summed E-state index contributed by atoms with van der Waals surface area (Å²) < 4.78 is 0. The number of hydrogen-bond donors (Lipinski definition) is 2. The highest BCUT2D eigenvalue weighted by Gasteiger charge is 2.12. The number of rotatable bonds is 4. The predicted octanol–water partition coefficient (Wildman–Crippen LogP) is 2.36. The largest absolute Gasteiger partial charge is 0.480 e. The lowest BCUT2D eigenvalue weighted by atomic mass is 10.1. The number of nitrogens with zero attached hydrogens (tertiary/aromatic N) is 1. The van der Waals surface area contributed by atoms with Crippen molar-refractivity contribution in [2.75, 3.05) is 0 Å². The molecule has 19 heavy (non-hydrogen) atoms. The normalized spacial score (nSPS) is 12.1. The summed E-state index contributed by atoms with van der Waals surface area (Å²) in [7, 11) is 0. The van der Waals surface area contributed by atoms with Gasteiger partial charge in [0.1, 0.15) is 6.04 Å². The number of aliphatic carboxylic acids is 1. The molecule has 1 atom stereocenters. The van der Waals surface area contributed by atoms with Crippen LogP contribution in [0.5, 0.6) is 0 Å². The van der Waals surface area contributed by atoms with E-state index in [1.54, 1.807) is 12.3 Å². The number of benzene rings is 1. The minimum atomic E-state index is -1.01. The van der Waals surface area contributed by atoms with Gasteiger partial charge in [-0.3, -0.25) is 9.78 Å². The number of pyridine rings is 1. The number of carbonyl (C=O) groups is 1. The van der Waals surface area contributed by atoms with Crippen molar-refractivity contribution in [3.63, 3.8) is 0 Å². The summed E-state index contributed by atoms with van der Waals surface area (Å²) in [5, 5.41) is 9.40. The van der Waals surface area contributed by atoms with E-state index in [1.807, 2.05) is 30.3 Å². The van der Waals surface area contributed by atoms with Crippen LogP contribution in [-0.2, 0) is 11.2 Å². The summed E-state index contributed by atoms with van der Waals surface area (Å²) in [6.07, 6.45) is 1.90. The van der Waals surface area contributed by atoms with Gasteiger partial charge in [0, 0.05) is 16.8 Å². The van der Waals surface area contributed by atoms with E-state index >= 15 is 0 Å². The van der Waals surface area contributed by atoms with Crippen LogP contribution in [0.25, 0.3) is 11.3 Å². The van der Waals surface area contributed by atoms with Gasteiger partial charge in [-0.15, -0.1) is 0 Å². The number of hydrogen-bond acceptors (Lipinski definition) is 3. The van der Waals surface area contributed by atoms with Crippen LogP contribution in [0.15, 0.2) is 42.6 Å². The molecule has 0 bridgehead atoms. The Morgan fingerprint density at radius 3 is 2.74 bits per heavy atom. The molecule has 0 aliphatic carbocycles. The Bertz CT molecular complexity index is 584. The Balaban J connectivity index is 2.17. The van der Waals surface area contributed by atoms with E-state index in [4.69, 9.17) is 22.4 Å². The predicted molar refractivity (Wildman–Crippen MR) is 74.0 cm³/mol. The monoisotopic (exact) mass is 276 g/mol. The highest BCUT2D eigenvalue weighted by molar-refractivity contribution is 6.30. The average Bonchev–Trinajstić information content (AvgIpc) is 2.39. The Hall–Kier alpha value is -1.91. The van der Waals surface area contributed by atoms with Crippen molar-refractivity contribution in [3.8, 4) is 11.3 Å². The minimum Gasteiger partial charge on any atom is -0.480 e. The summed E-state index contributed by atoms with van der Waals surface area (Å²) in [6.45, 7) is 0.